The lowest BCUT2D eigenvalue weighted by atomic mass is 10.3. The zero-order valence-corrected chi connectivity index (χ0v) is 11.6. The highest BCUT2D eigenvalue weighted by atomic mass is 16.3. The molecule has 0 bridgehead atoms. The number of benzene rings is 1. The van der Waals surface area contributed by atoms with Crippen molar-refractivity contribution in [1.82, 2.24) is 15.0 Å². The molecule has 20 heavy (non-hydrogen) atoms. The first-order valence-corrected chi connectivity index (χ1v) is 6.55. The number of nitrogens with zero attached hydrogens (tertiary/aromatic N) is 4. The number of aliphatic hydroxyl groups excluding tert-OH is 1. The summed E-state index contributed by atoms with van der Waals surface area (Å²) < 4.78 is 1.44. The molecule has 1 amide bonds. The minimum atomic E-state index is -0.685. The van der Waals surface area contributed by atoms with Crippen LogP contribution in [0.3, 0.4) is 0 Å². The smallest absolute Gasteiger partial charge is 0.248 e. The van der Waals surface area contributed by atoms with Crippen LogP contribution in [0.15, 0.2) is 36.5 Å². The van der Waals surface area contributed by atoms with Crippen LogP contribution in [-0.4, -0.2) is 32.6 Å². The summed E-state index contributed by atoms with van der Waals surface area (Å²) in [5.41, 5.74) is 1.32. The number of hydrogen-bond donors (Lipinski definition) is 1. The van der Waals surface area contributed by atoms with E-state index in [1.54, 1.807) is 18.0 Å². The van der Waals surface area contributed by atoms with Crippen LogP contribution in [0.1, 0.15) is 25.6 Å². The first-order valence-electron chi connectivity index (χ1n) is 6.55. The summed E-state index contributed by atoms with van der Waals surface area (Å²) >= 11 is 0. The Morgan fingerprint density at radius 1 is 1.40 bits per heavy atom. The average Bonchev–Trinajstić information content (AvgIpc) is 2.89. The molecule has 2 rings (SSSR count). The fourth-order valence-corrected chi connectivity index (χ4v) is 1.92. The fraction of sp³-hybridized carbons (Fsp3) is 0.357. The molecule has 0 radical (unpaired) electrons. The molecule has 1 heterocycles. The van der Waals surface area contributed by atoms with Crippen LogP contribution in [0.4, 0.5) is 5.69 Å². The van der Waals surface area contributed by atoms with Gasteiger partial charge in [-0.3, -0.25) is 4.79 Å². The molecule has 0 aliphatic carbocycles. The molecule has 2 aromatic rings. The molecule has 6 heteroatoms. The Kier molecular flexibility index (Phi) is 4.47. The number of amides is 1. The summed E-state index contributed by atoms with van der Waals surface area (Å²) in [6.07, 6.45) is 0.900. The van der Waals surface area contributed by atoms with E-state index in [1.165, 1.54) is 4.68 Å². The second kappa shape index (κ2) is 6.29. The van der Waals surface area contributed by atoms with Crippen molar-refractivity contribution in [2.24, 2.45) is 0 Å². The van der Waals surface area contributed by atoms with Gasteiger partial charge in [-0.15, -0.1) is 5.10 Å². The second-order valence-electron chi connectivity index (χ2n) is 4.49. The van der Waals surface area contributed by atoms with Gasteiger partial charge in [-0.25, -0.2) is 4.68 Å². The normalized spacial score (nSPS) is 12.2. The zero-order valence-electron chi connectivity index (χ0n) is 11.6. The maximum Gasteiger partial charge on any atom is 0.248 e. The van der Waals surface area contributed by atoms with Crippen LogP contribution in [0.5, 0.6) is 0 Å². The van der Waals surface area contributed by atoms with Gasteiger partial charge in [-0.05, 0) is 26.0 Å². The van der Waals surface area contributed by atoms with Gasteiger partial charge in [-0.2, -0.15) is 0 Å². The molecule has 1 atom stereocenters. The fourth-order valence-electron chi connectivity index (χ4n) is 1.92. The highest BCUT2D eigenvalue weighted by molar-refractivity contribution is 5.93. The SMILES string of the molecule is CCN(C(=O)Cn1cc(C(C)O)nn1)c1ccccc1. The Balaban J connectivity index is 2.09. The molecule has 106 valence electrons. The van der Waals surface area contributed by atoms with Crippen molar-refractivity contribution in [3.05, 3.63) is 42.2 Å². The van der Waals surface area contributed by atoms with Crippen molar-refractivity contribution in [3.8, 4) is 0 Å². The van der Waals surface area contributed by atoms with Gasteiger partial charge >= 0.3 is 0 Å². The first kappa shape index (κ1) is 14.2. The standard InChI is InChI=1S/C14H18N4O2/c1-3-18(12-7-5-4-6-8-12)14(20)10-17-9-13(11(2)19)15-16-17/h4-9,11,19H,3,10H2,1-2H3. The number of likely N-dealkylation sites (N-methyl/N-ethyl adjacent to an activating group) is 1. The summed E-state index contributed by atoms with van der Waals surface area (Å²) in [5, 5.41) is 17.1. The minimum Gasteiger partial charge on any atom is -0.387 e. The first-order chi connectivity index (χ1) is 9.61. The predicted molar refractivity (Wildman–Crippen MR) is 75.1 cm³/mol. The highest BCUT2D eigenvalue weighted by Gasteiger charge is 2.15. The van der Waals surface area contributed by atoms with Gasteiger partial charge in [0.1, 0.15) is 12.2 Å². The number of para-hydroxylation sites is 1. The van der Waals surface area contributed by atoms with Gasteiger partial charge in [0.05, 0.1) is 12.3 Å². The van der Waals surface area contributed by atoms with Gasteiger partial charge in [-0.1, -0.05) is 23.4 Å². The van der Waals surface area contributed by atoms with E-state index in [0.717, 1.165) is 5.69 Å². The predicted octanol–water partition coefficient (Wildman–Crippen LogP) is 1.38. The number of aliphatic hydroxyl groups is 1. The number of hydrogen-bond acceptors (Lipinski definition) is 4. The largest absolute Gasteiger partial charge is 0.387 e. The van der Waals surface area contributed by atoms with Crippen LogP contribution in [0, 0.1) is 0 Å². The lowest BCUT2D eigenvalue weighted by Gasteiger charge is -2.20. The van der Waals surface area contributed by atoms with Gasteiger partial charge in [0.25, 0.3) is 0 Å². The third-order valence-electron chi connectivity index (χ3n) is 2.97. The van der Waals surface area contributed by atoms with E-state index in [0.29, 0.717) is 12.2 Å². The maximum atomic E-state index is 12.3. The monoisotopic (exact) mass is 274 g/mol. The van der Waals surface area contributed by atoms with Gasteiger partial charge < -0.3 is 10.0 Å². The molecule has 1 aromatic heterocycles. The maximum absolute atomic E-state index is 12.3. The number of anilines is 1. The molecular formula is C14H18N4O2. The molecule has 0 aliphatic heterocycles. The molecule has 1 aromatic carbocycles. The van der Waals surface area contributed by atoms with Crippen molar-refractivity contribution in [1.29, 1.82) is 0 Å². The van der Waals surface area contributed by atoms with Crippen LogP contribution in [0.2, 0.25) is 0 Å². The van der Waals surface area contributed by atoms with Crippen molar-refractivity contribution in [3.63, 3.8) is 0 Å². The minimum absolute atomic E-state index is 0.0688. The lowest BCUT2D eigenvalue weighted by Crippen LogP contribution is -2.33. The van der Waals surface area contributed by atoms with E-state index in [9.17, 15) is 9.90 Å². The number of aromatic nitrogens is 3. The summed E-state index contributed by atoms with van der Waals surface area (Å²) in [4.78, 5) is 14.0. The topological polar surface area (TPSA) is 71.2 Å². The van der Waals surface area contributed by atoms with E-state index >= 15 is 0 Å². The summed E-state index contributed by atoms with van der Waals surface area (Å²) in [7, 11) is 0. The number of rotatable bonds is 5. The van der Waals surface area contributed by atoms with Crippen LogP contribution >= 0.6 is 0 Å². The Labute approximate surface area is 117 Å². The number of carbonyl (C=O) groups is 1. The van der Waals surface area contributed by atoms with E-state index in [2.05, 4.69) is 10.3 Å². The van der Waals surface area contributed by atoms with Crippen LogP contribution < -0.4 is 4.90 Å². The third kappa shape index (κ3) is 3.21. The molecule has 6 nitrogen and oxygen atoms in total. The average molecular weight is 274 g/mol. The van der Waals surface area contributed by atoms with E-state index in [4.69, 9.17) is 0 Å². The third-order valence-corrected chi connectivity index (χ3v) is 2.97. The Hall–Kier alpha value is -2.21. The van der Waals surface area contributed by atoms with Crippen molar-refractivity contribution in [2.75, 3.05) is 11.4 Å². The Bertz CT molecular complexity index is 566. The summed E-state index contributed by atoms with van der Waals surface area (Å²) in [6.45, 7) is 4.22. The summed E-state index contributed by atoms with van der Waals surface area (Å²) in [6, 6.07) is 9.49. The van der Waals surface area contributed by atoms with Crippen molar-refractivity contribution >= 4 is 11.6 Å². The van der Waals surface area contributed by atoms with Crippen molar-refractivity contribution in [2.45, 2.75) is 26.5 Å². The van der Waals surface area contributed by atoms with E-state index in [1.807, 2.05) is 37.3 Å². The summed E-state index contributed by atoms with van der Waals surface area (Å²) in [5.74, 6) is -0.0688. The van der Waals surface area contributed by atoms with Gasteiger partial charge in [0, 0.05) is 12.2 Å². The Morgan fingerprint density at radius 3 is 2.65 bits per heavy atom. The highest BCUT2D eigenvalue weighted by Crippen LogP contribution is 2.14. The molecule has 0 aliphatic rings. The molecule has 1 unspecified atom stereocenters. The van der Waals surface area contributed by atoms with E-state index < -0.39 is 6.10 Å². The Morgan fingerprint density at radius 2 is 2.10 bits per heavy atom. The zero-order chi connectivity index (χ0) is 14.5. The van der Waals surface area contributed by atoms with Gasteiger partial charge in [0.15, 0.2) is 0 Å². The molecular weight excluding hydrogens is 256 g/mol. The lowest BCUT2D eigenvalue weighted by molar-refractivity contribution is -0.119. The molecule has 0 saturated carbocycles. The second-order valence-corrected chi connectivity index (χ2v) is 4.49. The molecule has 0 fully saturated rings. The van der Waals surface area contributed by atoms with Crippen LogP contribution in [0.25, 0.3) is 0 Å². The molecule has 1 N–H and O–H groups in total. The van der Waals surface area contributed by atoms with Gasteiger partial charge in [0.2, 0.25) is 5.91 Å². The molecule has 0 spiro atoms. The van der Waals surface area contributed by atoms with Crippen LogP contribution in [-0.2, 0) is 11.3 Å². The van der Waals surface area contributed by atoms with E-state index in [-0.39, 0.29) is 12.5 Å². The number of carbonyl (C=O) groups excluding carboxylic acids is 1. The van der Waals surface area contributed by atoms with Crippen molar-refractivity contribution < 1.29 is 9.90 Å². The molecule has 0 saturated heterocycles. The quantitative estimate of drug-likeness (QED) is 0.894.